The number of nitrogens with one attached hydrogen (secondary N) is 4. The van der Waals surface area contributed by atoms with Gasteiger partial charge < -0.3 is 31.3 Å². The largest absolute Gasteiger partial charge is 0.444 e. The van der Waals surface area contributed by atoms with Crippen molar-refractivity contribution >= 4 is 23.9 Å². The van der Waals surface area contributed by atoms with Gasteiger partial charge in [-0.1, -0.05) is 30.3 Å². The molecule has 10 nitrogen and oxygen atoms in total. The number of likely N-dealkylation sites (tertiary alicyclic amines) is 1. The lowest BCUT2D eigenvalue weighted by atomic mass is 10.0. The second kappa shape index (κ2) is 12.8. The number of hydrogen-bond donors (Lipinski definition) is 5. The average molecular weight is 475 g/mol. The number of hydrogen-bond acceptors (Lipinski definition) is 5. The smallest absolute Gasteiger partial charge is 0.408 e. The van der Waals surface area contributed by atoms with Crippen molar-refractivity contribution in [3.63, 3.8) is 0 Å². The van der Waals surface area contributed by atoms with Crippen molar-refractivity contribution in [3.8, 4) is 0 Å². The van der Waals surface area contributed by atoms with Crippen LogP contribution in [0.25, 0.3) is 0 Å². The molecule has 0 spiro atoms. The summed E-state index contributed by atoms with van der Waals surface area (Å²) in [6.07, 6.45) is 2.18. The zero-order valence-electron chi connectivity index (χ0n) is 20.4. The predicted octanol–water partition coefficient (Wildman–Crippen LogP) is 1.49. The lowest BCUT2D eigenvalue weighted by Gasteiger charge is -2.30. The summed E-state index contributed by atoms with van der Waals surface area (Å²) < 4.78 is 5.38. The van der Waals surface area contributed by atoms with Crippen molar-refractivity contribution in [1.29, 1.82) is 5.41 Å². The van der Waals surface area contributed by atoms with E-state index in [-0.39, 0.29) is 23.8 Å². The van der Waals surface area contributed by atoms with Crippen molar-refractivity contribution in [3.05, 3.63) is 35.9 Å². The Hall–Kier alpha value is -3.30. The molecule has 34 heavy (non-hydrogen) atoms. The standard InChI is InChI=1S/C24H38N6O4/c1-24(2,3)34-23(33)29-19(15-17-9-5-4-6-10-17)21(32)30-14-8-11-18(30)16-28-20(31)12-7-13-27-22(25)26/h4-6,9-10,18-19H,7-8,11-16H2,1-3H3,(H,28,31)(H,29,33)(H4,25,26,27). The molecule has 1 aliphatic rings. The molecule has 1 aromatic rings. The van der Waals surface area contributed by atoms with Gasteiger partial charge in [-0.25, -0.2) is 4.79 Å². The molecule has 1 heterocycles. The fourth-order valence-electron chi connectivity index (χ4n) is 3.83. The van der Waals surface area contributed by atoms with E-state index in [2.05, 4.69) is 16.0 Å². The zero-order valence-corrected chi connectivity index (χ0v) is 20.4. The molecular weight excluding hydrogens is 436 g/mol. The molecule has 0 aliphatic carbocycles. The summed E-state index contributed by atoms with van der Waals surface area (Å²) in [5, 5.41) is 15.4. The van der Waals surface area contributed by atoms with E-state index in [1.165, 1.54) is 0 Å². The molecule has 2 rings (SSSR count). The maximum atomic E-state index is 13.5. The number of ether oxygens (including phenoxy) is 1. The van der Waals surface area contributed by atoms with Crippen molar-refractivity contribution in [2.24, 2.45) is 5.73 Å². The Balaban J connectivity index is 1.98. The van der Waals surface area contributed by atoms with Crippen molar-refractivity contribution in [2.45, 2.75) is 70.6 Å². The Kier molecular flexibility index (Phi) is 10.2. The van der Waals surface area contributed by atoms with Crippen LogP contribution >= 0.6 is 0 Å². The Morgan fingerprint density at radius 3 is 2.56 bits per heavy atom. The van der Waals surface area contributed by atoms with E-state index >= 15 is 0 Å². The van der Waals surface area contributed by atoms with Crippen LogP contribution in [0.3, 0.4) is 0 Å². The van der Waals surface area contributed by atoms with E-state index in [0.717, 1.165) is 18.4 Å². The Morgan fingerprint density at radius 2 is 1.91 bits per heavy atom. The number of benzene rings is 1. The predicted molar refractivity (Wildman–Crippen MR) is 130 cm³/mol. The van der Waals surface area contributed by atoms with Gasteiger partial charge in [0.25, 0.3) is 0 Å². The van der Waals surface area contributed by atoms with Crippen LogP contribution < -0.4 is 21.7 Å². The van der Waals surface area contributed by atoms with E-state index in [0.29, 0.717) is 38.9 Å². The summed E-state index contributed by atoms with van der Waals surface area (Å²) in [6, 6.07) is 8.61. The molecule has 0 bridgehead atoms. The minimum absolute atomic E-state index is 0.114. The molecule has 0 saturated carbocycles. The van der Waals surface area contributed by atoms with Crippen LogP contribution in [-0.4, -0.2) is 66.1 Å². The maximum absolute atomic E-state index is 13.5. The van der Waals surface area contributed by atoms with Crippen LogP contribution in [0.4, 0.5) is 4.79 Å². The molecular formula is C24H38N6O4. The molecule has 188 valence electrons. The normalized spacial score (nSPS) is 16.4. The third-order valence-electron chi connectivity index (χ3n) is 5.36. The molecule has 1 fully saturated rings. The lowest BCUT2D eigenvalue weighted by Crippen LogP contribution is -2.53. The minimum Gasteiger partial charge on any atom is -0.444 e. The second-order valence-corrected chi connectivity index (χ2v) is 9.46. The first kappa shape index (κ1) is 26.9. The van der Waals surface area contributed by atoms with E-state index < -0.39 is 17.7 Å². The van der Waals surface area contributed by atoms with Crippen LogP contribution in [0, 0.1) is 5.41 Å². The summed E-state index contributed by atoms with van der Waals surface area (Å²) in [6.45, 7) is 6.70. The van der Waals surface area contributed by atoms with Crippen molar-refractivity contribution in [1.82, 2.24) is 20.9 Å². The highest BCUT2D eigenvalue weighted by Crippen LogP contribution is 2.19. The molecule has 10 heteroatoms. The van der Waals surface area contributed by atoms with Crippen molar-refractivity contribution in [2.75, 3.05) is 19.6 Å². The van der Waals surface area contributed by atoms with Gasteiger partial charge in [-0.2, -0.15) is 0 Å². The molecule has 3 amide bonds. The molecule has 2 unspecified atom stereocenters. The number of nitrogens with zero attached hydrogens (tertiary/aromatic N) is 1. The minimum atomic E-state index is -0.772. The van der Waals surface area contributed by atoms with Gasteiger partial charge in [0.15, 0.2) is 5.96 Å². The molecule has 0 radical (unpaired) electrons. The summed E-state index contributed by atoms with van der Waals surface area (Å²) in [7, 11) is 0. The van der Waals surface area contributed by atoms with Gasteiger partial charge in [0.2, 0.25) is 11.8 Å². The lowest BCUT2D eigenvalue weighted by molar-refractivity contribution is -0.134. The highest BCUT2D eigenvalue weighted by Gasteiger charge is 2.34. The molecule has 6 N–H and O–H groups in total. The summed E-state index contributed by atoms with van der Waals surface area (Å²) in [4.78, 5) is 39.9. The van der Waals surface area contributed by atoms with Gasteiger partial charge in [-0.3, -0.25) is 15.0 Å². The first-order chi connectivity index (χ1) is 16.0. The fraction of sp³-hybridized carbons (Fsp3) is 0.583. The fourth-order valence-corrected chi connectivity index (χ4v) is 3.83. The molecule has 1 saturated heterocycles. The van der Waals surface area contributed by atoms with Crippen LogP contribution in [0.15, 0.2) is 30.3 Å². The molecule has 1 aliphatic heterocycles. The maximum Gasteiger partial charge on any atom is 0.408 e. The first-order valence-electron chi connectivity index (χ1n) is 11.7. The van der Waals surface area contributed by atoms with Gasteiger partial charge in [0.05, 0.1) is 0 Å². The van der Waals surface area contributed by atoms with Crippen LogP contribution in [0.2, 0.25) is 0 Å². The zero-order chi connectivity index (χ0) is 25.1. The summed E-state index contributed by atoms with van der Waals surface area (Å²) in [5.74, 6) is -0.417. The van der Waals surface area contributed by atoms with Gasteiger partial charge >= 0.3 is 6.09 Å². The second-order valence-electron chi connectivity index (χ2n) is 9.46. The third-order valence-corrected chi connectivity index (χ3v) is 5.36. The van der Waals surface area contributed by atoms with Gasteiger partial charge in [0.1, 0.15) is 11.6 Å². The van der Waals surface area contributed by atoms with E-state index in [4.69, 9.17) is 15.9 Å². The number of carbonyl (C=O) groups is 3. The van der Waals surface area contributed by atoms with E-state index in [1.54, 1.807) is 25.7 Å². The highest BCUT2D eigenvalue weighted by molar-refractivity contribution is 5.86. The summed E-state index contributed by atoms with van der Waals surface area (Å²) in [5.41, 5.74) is 5.48. The molecule has 0 aromatic heterocycles. The Labute approximate surface area is 201 Å². The number of amides is 3. The number of alkyl carbamates (subject to hydrolysis) is 1. The first-order valence-corrected chi connectivity index (χ1v) is 11.7. The topological polar surface area (TPSA) is 150 Å². The van der Waals surface area contributed by atoms with Gasteiger partial charge in [0, 0.05) is 38.5 Å². The SMILES string of the molecule is CC(C)(C)OC(=O)NC(Cc1ccccc1)C(=O)N1CCCC1CNC(=O)CCCNC(=N)N. The average Bonchev–Trinajstić information content (AvgIpc) is 3.22. The Bertz CT molecular complexity index is 840. The molecule has 1 aromatic carbocycles. The number of carbonyl (C=O) groups excluding carboxylic acids is 3. The van der Waals surface area contributed by atoms with Crippen LogP contribution in [0.1, 0.15) is 52.0 Å². The van der Waals surface area contributed by atoms with E-state index in [9.17, 15) is 14.4 Å². The van der Waals surface area contributed by atoms with Gasteiger partial charge in [-0.15, -0.1) is 0 Å². The van der Waals surface area contributed by atoms with Crippen LogP contribution in [-0.2, 0) is 20.7 Å². The molecule has 2 atom stereocenters. The quantitative estimate of drug-likeness (QED) is 0.197. The van der Waals surface area contributed by atoms with Gasteiger partial charge in [-0.05, 0) is 45.6 Å². The number of nitrogens with two attached hydrogens (primary N) is 1. The highest BCUT2D eigenvalue weighted by atomic mass is 16.6. The van der Waals surface area contributed by atoms with Crippen LogP contribution in [0.5, 0.6) is 0 Å². The third kappa shape index (κ3) is 9.68. The Morgan fingerprint density at radius 1 is 1.21 bits per heavy atom. The number of rotatable bonds is 10. The monoisotopic (exact) mass is 474 g/mol. The summed E-state index contributed by atoms with van der Waals surface area (Å²) >= 11 is 0. The number of guanidine groups is 1. The van der Waals surface area contributed by atoms with E-state index in [1.807, 2.05) is 30.3 Å². The van der Waals surface area contributed by atoms with Crippen molar-refractivity contribution < 1.29 is 19.1 Å².